The molecule has 0 radical (unpaired) electrons. The van der Waals surface area contributed by atoms with Gasteiger partial charge in [0.2, 0.25) is 5.91 Å². The summed E-state index contributed by atoms with van der Waals surface area (Å²) in [5.41, 5.74) is 0. The van der Waals surface area contributed by atoms with Crippen LogP contribution in [0.3, 0.4) is 0 Å². The highest BCUT2D eigenvalue weighted by molar-refractivity contribution is 5.76. The lowest BCUT2D eigenvalue weighted by Gasteiger charge is -2.46. The molecule has 0 bridgehead atoms. The maximum atomic E-state index is 13.5. The van der Waals surface area contributed by atoms with E-state index < -0.39 is 86.8 Å². The number of unbranched alkanes of at least 4 members (excludes halogenated alkanes) is 31. The summed E-state index contributed by atoms with van der Waals surface area (Å²) in [6, 6.07) is -0.920. The minimum Gasteiger partial charge on any atom is -0.394 e. The zero-order valence-corrected chi connectivity index (χ0v) is 42.8. The van der Waals surface area contributed by atoms with E-state index in [9.17, 15) is 44.9 Å². The van der Waals surface area contributed by atoms with Gasteiger partial charge in [0, 0.05) is 6.42 Å². The highest BCUT2D eigenvalue weighted by Gasteiger charge is 2.51. The number of amides is 1. The molecule has 0 unspecified atom stereocenters. The first kappa shape index (κ1) is 62.8. The van der Waals surface area contributed by atoms with Gasteiger partial charge in [-0.05, 0) is 19.3 Å². The summed E-state index contributed by atoms with van der Waals surface area (Å²) in [6.45, 7) is 2.26. The van der Waals surface area contributed by atoms with Gasteiger partial charge in [-0.1, -0.05) is 219 Å². The van der Waals surface area contributed by atoms with E-state index in [1.807, 2.05) is 6.08 Å². The molecule has 0 aromatic heterocycles. The van der Waals surface area contributed by atoms with Crippen LogP contribution in [0.25, 0.3) is 0 Å². The van der Waals surface area contributed by atoms with Gasteiger partial charge in [0.05, 0.1) is 25.4 Å². The highest BCUT2D eigenvalue weighted by atomic mass is 19.1. The second-order valence-corrected chi connectivity index (χ2v) is 20.0. The molecule has 2 aliphatic rings. The van der Waals surface area contributed by atoms with Crippen molar-refractivity contribution < 1.29 is 63.9 Å². The van der Waals surface area contributed by atoms with Crippen molar-refractivity contribution in [3.05, 3.63) is 12.2 Å². The Morgan fingerprint density at radius 2 is 0.971 bits per heavy atom. The number of hydrogen-bond donors (Lipinski definition) is 8. The second-order valence-electron chi connectivity index (χ2n) is 20.0. The molecule has 2 fully saturated rings. The van der Waals surface area contributed by atoms with Gasteiger partial charge in [0.25, 0.3) is 0 Å². The van der Waals surface area contributed by atoms with Gasteiger partial charge >= 0.3 is 0 Å². The fourth-order valence-electron chi connectivity index (χ4n) is 9.39. The van der Waals surface area contributed by atoms with Crippen molar-refractivity contribution >= 4 is 5.91 Å². The summed E-state index contributed by atoms with van der Waals surface area (Å²) < 4.78 is 36.0. The van der Waals surface area contributed by atoms with E-state index in [1.165, 1.54) is 167 Å². The largest absolute Gasteiger partial charge is 0.394 e. The molecule has 2 saturated heterocycles. The van der Waals surface area contributed by atoms with Crippen molar-refractivity contribution in [2.75, 3.05) is 19.9 Å². The molecule has 2 heterocycles. The Hall–Kier alpha value is -1.30. The monoisotopic (exact) mass is 976 g/mol. The zero-order chi connectivity index (χ0) is 49.6. The van der Waals surface area contributed by atoms with Crippen LogP contribution in [0.15, 0.2) is 12.2 Å². The number of alkyl halides is 1. The number of aliphatic hydroxyl groups is 7. The molecule has 0 aromatic carbocycles. The molecule has 13 nitrogen and oxygen atoms in total. The van der Waals surface area contributed by atoms with Gasteiger partial charge in [-0.3, -0.25) is 4.79 Å². The standard InChI is InChI=1S/C54H102FNO12/c1-3-5-7-9-11-13-15-17-18-19-20-21-22-23-24-26-28-30-32-34-36-38-46(59)56-42(43(58)37-35-33-31-29-27-25-16-14-12-10-8-6-4-2)41-65-53-51(64)49(62)52(45(40-57)67-53)68-54-50(63)48(61)47(60)44(39-55)66-54/h35,37,42-45,47-54,57-58,60-64H,3-34,36,38-41H2,1-2H3,(H,56,59)/b37-35+/t42-,43+,44+,45+,47-,48-,49+,50+,51+,52+,53+,54-/m0/s1. The smallest absolute Gasteiger partial charge is 0.220 e. The fraction of sp³-hybridized carbons (Fsp3) is 0.944. The Labute approximate surface area is 411 Å². The molecule has 0 saturated carbocycles. The molecule has 2 rings (SSSR count). The Bertz CT molecular complexity index is 1200. The maximum absolute atomic E-state index is 13.5. The Balaban J connectivity index is 1.77. The first-order valence-electron chi connectivity index (χ1n) is 27.9. The number of ether oxygens (including phenoxy) is 4. The molecule has 68 heavy (non-hydrogen) atoms. The van der Waals surface area contributed by atoms with Crippen LogP contribution >= 0.6 is 0 Å². The number of carbonyl (C=O) groups is 1. The average molecular weight is 976 g/mol. The van der Waals surface area contributed by atoms with Crippen molar-refractivity contribution in [1.29, 1.82) is 0 Å². The number of aliphatic hydroxyl groups excluding tert-OH is 7. The molecule has 2 aliphatic heterocycles. The van der Waals surface area contributed by atoms with Crippen molar-refractivity contribution in [1.82, 2.24) is 5.32 Å². The second kappa shape index (κ2) is 41.2. The molecular weight excluding hydrogens is 874 g/mol. The summed E-state index contributed by atoms with van der Waals surface area (Å²) in [6.07, 6.45) is 27.4. The van der Waals surface area contributed by atoms with Crippen LogP contribution in [0, 0.1) is 0 Å². The molecular formula is C54H102FNO12. The van der Waals surface area contributed by atoms with Gasteiger partial charge in [-0.15, -0.1) is 0 Å². The lowest BCUT2D eigenvalue weighted by molar-refractivity contribution is -0.358. The van der Waals surface area contributed by atoms with Gasteiger partial charge in [-0.25, -0.2) is 4.39 Å². The van der Waals surface area contributed by atoms with Crippen LogP contribution in [0.5, 0.6) is 0 Å². The van der Waals surface area contributed by atoms with Crippen molar-refractivity contribution in [2.24, 2.45) is 0 Å². The summed E-state index contributed by atoms with van der Waals surface area (Å²) in [4.78, 5) is 13.2. The van der Waals surface area contributed by atoms with Crippen LogP contribution in [0.2, 0.25) is 0 Å². The minimum absolute atomic E-state index is 0.244. The number of nitrogens with one attached hydrogen (secondary N) is 1. The van der Waals surface area contributed by atoms with Crippen LogP contribution < -0.4 is 5.32 Å². The summed E-state index contributed by atoms with van der Waals surface area (Å²) in [5.74, 6) is -0.244. The number of rotatable bonds is 44. The van der Waals surface area contributed by atoms with Gasteiger partial charge in [0.15, 0.2) is 12.6 Å². The van der Waals surface area contributed by atoms with E-state index >= 15 is 0 Å². The molecule has 1 amide bonds. The Morgan fingerprint density at radius 3 is 1.41 bits per heavy atom. The summed E-state index contributed by atoms with van der Waals surface area (Å²) >= 11 is 0. The summed E-state index contributed by atoms with van der Waals surface area (Å²) in [5, 5.41) is 77.0. The first-order chi connectivity index (χ1) is 33.1. The SMILES string of the molecule is CCCCCCCCCCCCC/C=C/[C@@H](O)[C@H](CO[C@@H]1O[C@H](CO)[C@@H](O[C@@H]2O[C@H](CF)[C@H](O)[C@H](O)[C@H]2O)[C@H](O)[C@H]1O)NC(=O)CCCCCCCCCCCCCCCCCCCCCCC. The Kier molecular flexibility index (Phi) is 38.1. The third-order valence-electron chi connectivity index (χ3n) is 13.9. The van der Waals surface area contributed by atoms with E-state index in [1.54, 1.807) is 6.08 Å². The van der Waals surface area contributed by atoms with E-state index in [0.29, 0.717) is 6.42 Å². The topological polar surface area (TPSA) is 208 Å². The van der Waals surface area contributed by atoms with Gasteiger partial charge in [-0.2, -0.15) is 0 Å². The predicted octanol–water partition coefficient (Wildman–Crippen LogP) is 9.31. The van der Waals surface area contributed by atoms with Gasteiger partial charge < -0.3 is 60.0 Å². The van der Waals surface area contributed by atoms with E-state index in [4.69, 9.17) is 18.9 Å². The molecule has 402 valence electrons. The van der Waals surface area contributed by atoms with Crippen molar-refractivity contribution in [2.45, 2.75) is 306 Å². The van der Waals surface area contributed by atoms with Crippen LogP contribution in [-0.2, 0) is 23.7 Å². The van der Waals surface area contributed by atoms with Gasteiger partial charge in [0.1, 0.15) is 55.5 Å². The number of hydrogen-bond acceptors (Lipinski definition) is 12. The number of allylic oxidation sites excluding steroid dienone is 1. The molecule has 8 N–H and O–H groups in total. The molecule has 12 atom stereocenters. The fourth-order valence-corrected chi connectivity index (χ4v) is 9.39. The van der Waals surface area contributed by atoms with Crippen LogP contribution in [0.1, 0.15) is 232 Å². The van der Waals surface area contributed by atoms with E-state index in [-0.39, 0.29) is 18.9 Å². The maximum Gasteiger partial charge on any atom is 0.220 e. The van der Waals surface area contributed by atoms with E-state index in [2.05, 4.69) is 19.2 Å². The Morgan fingerprint density at radius 1 is 0.559 bits per heavy atom. The number of carbonyl (C=O) groups excluding carboxylic acids is 1. The highest BCUT2D eigenvalue weighted by Crippen LogP contribution is 2.30. The van der Waals surface area contributed by atoms with Crippen molar-refractivity contribution in [3.8, 4) is 0 Å². The third-order valence-corrected chi connectivity index (χ3v) is 13.9. The predicted molar refractivity (Wildman–Crippen MR) is 267 cm³/mol. The van der Waals surface area contributed by atoms with Crippen LogP contribution in [0.4, 0.5) is 4.39 Å². The first-order valence-corrected chi connectivity index (χ1v) is 27.9. The van der Waals surface area contributed by atoms with Crippen LogP contribution in [-0.4, -0.2) is 135 Å². The lowest BCUT2D eigenvalue weighted by atomic mass is 9.97. The molecule has 0 spiro atoms. The minimum atomic E-state index is -1.84. The van der Waals surface area contributed by atoms with E-state index in [0.717, 1.165) is 38.5 Å². The summed E-state index contributed by atoms with van der Waals surface area (Å²) in [7, 11) is 0. The molecule has 0 aliphatic carbocycles. The normalized spacial score (nSPS) is 26.4. The third kappa shape index (κ3) is 27.5. The molecule has 0 aromatic rings. The quantitative estimate of drug-likeness (QED) is 0.0212. The average Bonchev–Trinajstić information content (AvgIpc) is 3.34. The lowest BCUT2D eigenvalue weighted by Crippen LogP contribution is -2.64. The molecule has 14 heteroatoms. The number of halogens is 1. The zero-order valence-electron chi connectivity index (χ0n) is 42.8. The van der Waals surface area contributed by atoms with Crippen molar-refractivity contribution in [3.63, 3.8) is 0 Å².